The van der Waals surface area contributed by atoms with Crippen LogP contribution in [0.5, 0.6) is 0 Å². The third-order valence-electron chi connectivity index (χ3n) is 1.54. The van der Waals surface area contributed by atoms with E-state index in [9.17, 15) is 14.4 Å². The second kappa shape index (κ2) is 3.31. The van der Waals surface area contributed by atoms with Crippen LogP contribution in [0.3, 0.4) is 0 Å². The molecule has 1 fully saturated rings. The van der Waals surface area contributed by atoms with E-state index in [1.54, 1.807) is 0 Å². The molecule has 1 aliphatic rings. The Hall–Kier alpha value is -1.43. The zero-order valence-electron chi connectivity index (χ0n) is 6.24. The summed E-state index contributed by atoms with van der Waals surface area (Å²) in [5.74, 6) is -4.03. The average molecular weight is 172 g/mol. The SMILES string of the molecule is O=C(O)C(=O)C(=O)N1CCNC1. The fraction of sp³-hybridized carbons (Fsp3) is 0.500. The largest absolute Gasteiger partial charge is 0.475 e. The van der Waals surface area contributed by atoms with Gasteiger partial charge in [-0.3, -0.25) is 14.9 Å². The summed E-state index contributed by atoms with van der Waals surface area (Å²) in [6.45, 7) is 1.23. The quantitative estimate of drug-likeness (QED) is 0.372. The van der Waals surface area contributed by atoms with Crippen molar-refractivity contribution in [2.45, 2.75) is 0 Å². The van der Waals surface area contributed by atoms with E-state index in [4.69, 9.17) is 5.11 Å². The number of carbonyl (C=O) groups excluding carboxylic acids is 2. The maximum atomic E-state index is 10.9. The number of hydrogen-bond donors (Lipinski definition) is 2. The van der Waals surface area contributed by atoms with E-state index in [0.29, 0.717) is 13.1 Å². The number of aliphatic carboxylic acids is 1. The van der Waals surface area contributed by atoms with Crippen molar-refractivity contribution in [1.29, 1.82) is 0 Å². The summed E-state index contributed by atoms with van der Waals surface area (Å²) in [6.07, 6.45) is 0. The summed E-state index contributed by atoms with van der Waals surface area (Å²) in [4.78, 5) is 32.8. The van der Waals surface area contributed by atoms with Crippen molar-refractivity contribution in [2.75, 3.05) is 19.8 Å². The molecule has 2 N–H and O–H groups in total. The van der Waals surface area contributed by atoms with Crippen LogP contribution in [0.15, 0.2) is 0 Å². The molecule has 1 amide bonds. The number of nitrogens with one attached hydrogen (secondary N) is 1. The van der Waals surface area contributed by atoms with Crippen molar-refractivity contribution in [3.05, 3.63) is 0 Å². The van der Waals surface area contributed by atoms with Gasteiger partial charge >= 0.3 is 17.7 Å². The number of rotatable bonds is 2. The first-order chi connectivity index (χ1) is 5.63. The number of carboxylic acids is 1. The molecule has 0 aromatic carbocycles. The summed E-state index contributed by atoms with van der Waals surface area (Å²) in [7, 11) is 0. The number of nitrogens with zero attached hydrogens (tertiary/aromatic N) is 1. The zero-order chi connectivity index (χ0) is 9.14. The van der Waals surface area contributed by atoms with Gasteiger partial charge in [0.1, 0.15) is 0 Å². The number of ketones is 1. The number of hydrogen-bond acceptors (Lipinski definition) is 4. The molecule has 6 nitrogen and oxygen atoms in total. The van der Waals surface area contributed by atoms with Gasteiger partial charge in [0.15, 0.2) is 0 Å². The number of carbonyl (C=O) groups is 3. The molecule has 0 spiro atoms. The minimum Gasteiger partial charge on any atom is -0.475 e. The maximum absolute atomic E-state index is 10.9. The molecule has 0 saturated carbocycles. The molecule has 66 valence electrons. The van der Waals surface area contributed by atoms with Crippen LogP contribution in [0.1, 0.15) is 0 Å². The Morgan fingerprint density at radius 1 is 1.33 bits per heavy atom. The van der Waals surface area contributed by atoms with E-state index in [1.807, 2.05) is 0 Å². The van der Waals surface area contributed by atoms with Crippen molar-refractivity contribution in [2.24, 2.45) is 0 Å². The van der Waals surface area contributed by atoms with Gasteiger partial charge in [0.05, 0.1) is 6.67 Å². The second-order valence-corrected chi connectivity index (χ2v) is 2.36. The lowest BCUT2D eigenvalue weighted by Gasteiger charge is -2.10. The normalized spacial score (nSPS) is 16.2. The fourth-order valence-corrected chi connectivity index (χ4v) is 0.916. The average Bonchev–Trinajstić information content (AvgIpc) is 2.53. The molecule has 0 aliphatic carbocycles. The van der Waals surface area contributed by atoms with E-state index in [2.05, 4.69) is 5.32 Å². The lowest BCUT2D eigenvalue weighted by atomic mass is 10.3. The molecule has 0 atom stereocenters. The van der Waals surface area contributed by atoms with Crippen LogP contribution in [0.4, 0.5) is 0 Å². The maximum Gasteiger partial charge on any atom is 0.382 e. The first-order valence-corrected chi connectivity index (χ1v) is 3.40. The van der Waals surface area contributed by atoms with Gasteiger partial charge in [-0.05, 0) is 0 Å². The molecule has 0 aromatic rings. The minimum absolute atomic E-state index is 0.248. The summed E-state index contributed by atoms with van der Waals surface area (Å²) in [5, 5.41) is 11.0. The van der Waals surface area contributed by atoms with Crippen LogP contribution < -0.4 is 5.32 Å². The third kappa shape index (κ3) is 1.59. The van der Waals surface area contributed by atoms with E-state index in [0.717, 1.165) is 4.90 Å². The molecule has 12 heavy (non-hydrogen) atoms. The van der Waals surface area contributed by atoms with Gasteiger partial charge in [0.2, 0.25) is 0 Å². The molecule has 0 aromatic heterocycles. The van der Waals surface area contributed by atoms with Crippen molar-refractivity contribution in [3.63, 3.8) is 0 Å². The van der Waals surface area contributed by atoms with Gasteiger partial charge in [-0.1, -0.05) is 0 Å². The highest BCUT2D eigenvalue weighted by molar-refractivity contribution is 6.61. The first kappa shape index (κ1) is 8.66. The Labute approximate surface area is 68.1 Å². The van der Waals surface area contributed by atoms with Crippen molar-refractivity contribution >= 4 is 17.7 Å². The van der Waals surface area contributed by atoms with Crippen LogP contribution in [-0.4, -0.2) is 47.4 Å². The molecule has 0 bridgehead atoms. The zero-order valence-corrected chi connectivity index (χ0v) is 6.24. The predicted octanol–water partition coefficient (Wildman–Crippen LogP) is -1.97. The first-order valence-electron chi connectivity index (χ1n) is 3.40. The topological polar surface area (TPSA) is 86.7 Å². The van der Waals surface area contributed by atoms with Crippen LogP contribution in [0.2, 0.25) is 0 Å². The molecular formula is C6H8N2O4. The van der Waals surface area contributed by atoms with Gasteiger partial charge < -0.3 is 10.0 Å². The summed E-state index contributed by atoms with van der Waals surface area (Å²) >= 11 is 0. The number of Topliss-reactive ketones (excluding diaryl/α,β-unsaturated/α-hetero) is 1. The molecule has 1 aliphatic heterocycles. The lowest BCUT2D eigenvalue weighted by Crippen LogP contribution is -2.38. The molecular weight excluding hydrogens is 164 g/mol. The predicted molar refractivity (Wildman–Crippen MR) is 37.2 cm³/mol. The van der Waals surface area contributed by atoms with Gasteiger partial charge in [0, 0.05) is 13.1 Å². The van der Waals surface area contributed by atoms with E-state index >= 15 is 0 Å². The van der Waals surface area contributed by atoms with E-state index < -0.39 is 17.7 Å². The number of amides is 1. The summed E-state index contributed by atoms with van der Waals surface area (Å²) < 4.78 is 0. The Morgan fingerprint density at radius 2 is 2.00 bits per heavy atom. The lowest BCUT2D eigenvalue weighted by molar-refractivity contribution is -0.156. The molecule has 1 rings (SSSR count). The van der Waals surface area contributed by atoms with Gasteiger partial charge in [-0.15, -0.1) is 0 Å². The summed E-state index contributed by atoms with van der Waals surface area (Å²) in [6, 6.07) is 0. The smallest absolute Gasteiger partial charge is 0.382 e. The van der Waals surface area contributed by atoms with E-state index in [-0.39, 0.29) is 6.67 Å². The standard InChI is InChI=1S/C6H8N2O4/c9-4(6(11)12)5(10)8-2-1-7-3-8/h7H,1-3H2,(H,11,12). The van der Waals surface area contributed by atoms with Gasteiger partial charge in [-0.2, -0.15) is 0 Å². The van der Waals surface area contributed by atoms with E-state index in [1.165, 1.54) is 0 Å². The Morgan fingerprint density at radius 3 is 2.42 bits per heavy atom. The van der Waals surface area contributed by atoms with Crippen LogP contribution >= 0.6 is 0 Å². The van der Waals surface area contributed by atoms with Gasteiger partial charge in [0.25, 0.3) is 0 Å². The van der Waals surface area contributed by atoms with Gasteiger partial charge in [-0.25, -0.2) is 4.79 Å². The Balaban J connectivity index is 2.57. The molecule has 0 unspecified atom stereocenters. The molecule has 1 heterocycles. The van der Waals surface area contributed by atoms with Crippen molar-refractivity contribution in [3.8, 4) is 0 Å². The fourth-order valence-electron chi connectivity index (χ4n) is 0.916. The third-order valence-corrected chi connectivity index (χ3v) is 1.54. The van der Waals surface area contributed by atoms with Crippen molar-refractivity contribution in [1.82, 2.24) is 10.2 Å². The highest BCUT2D eigenvalue weighted by Crippen LogP contribution is 1.94. The highest BCUT2D eigenvalue weighted by atomic mass is 16.4. The molecule has 6 heteroatoms. The minimum atomic E-state index is -1.70. The van der Waals surface area contributed by atoms with Crippen LogP contribution in [0, 0.1) is 0 Å². The van der Waals surface area contributed by atoms with Crippen LogP contribution in [0.25, 0.3) is 0 Å². The molecule has 1 saturated heterocycles. The monoisotopic (exact) mass is 172 g/mol. The van der Waals surface area contributed by atoms with Crippen LogP contribution in [-0.2, 0) is 14.4 Å². The Kier molecular flexibility index (Phi) is 2.39. The number of carboxylic acid groups (broad SMARTS) is 1. The summed E-state index contributed by atoms with van der Waals surface area (Å²) in [5.41, 5.74) is 0. The highest BCUT2D eigenvalue weighted by Gasteiger charge is 2.28. The van der Waals surface area contributed by atoms with Crippen molar-refractivity contribution < 1.29 is 19.5 Å². The Bertz CT molecular complexity index is 232. The second-order valence-electron chi connectivity index (χ2n) is 2.36. The molecule has 0 radical (unpaired) electrons.